The Labute approximate surface area is 166 Å². The van der Waals surface area contributed by atoms with Crippen molar-refractivity contribution in [2.24, 2.45) is 5.92 Å². The molecule has 3 heterocycles. The number of hydrogen-bond donors (Lipinski definition) is 1. The third-order valence-electron chi connectivity index (χ3n) is 4.97. The summed E-state index contributed by atoms with van der Waals surface area (Å²) in [5, 5.41) is 2.79. The number of imidazole rings is 1. The zero-order valence-electron chi connectivity index (χ0n) is 15.4. The minimum absolute atomic E-state index is 0.402. The predicted octanol–water partition coefficient (Wildman–Crippen LogP) is 3.53. The number of benzene rings is 1. The first-order valence-electron chi connectivity index (χ1n) is 9.29. The van der Waals surface area contributed by atoms with E-state index in [1.54, 1.807) is 24.3 Å². The summed E-state index contributed by atoms with van der Waals surface area (Å²) < 4.78 is 7.30. The Morgan fingerprint density at radius 3 is 2.79 bits per heavy atom. The first kappa shape index (κ1) is 17.2. The number of carbonyl (C=O) groups is 2. The second-order valence-electron chi connectivity index (χ2n) is 6.90. The zero-order chi connectivity index (χ0) is 19.8. The molecule has 29 heavy (non-hydrogen) atoms. The molecule has 0 bridgehead atoms. The number of pyridine rings is 1. The lowest BCUT2D eigenvalue weighted by atomic mass is 9.95. The van der Waals surface area contributed by atoms with Gasteiger partial charge in [-0.3, -0.25) is 9.59 Å². The maximum absolute atomic E-state index is 12.6. The van der Waals surface area contributed by atoms with Gasteiger partial charge < -0.3 is 14.5 Å². The van der Waals surface area contributed by atoms with Crippen LogP contribution in [0.2, 0.25) is 0 Å². The minimum Gasteiger partial charge on any atom is -0.452 e. The van der Waals surface area contributed by atoms with Gasteiger partial charge in [0.2, 0.25) is 5.91 Å². The molecular weight excluding hydrogens is 366 g/mol. The number of nitrogens with zero attached hydrogens (tertiary/aromatic N) is 2. The van der Waals surface area contributed by atoms with E-state index >= 15 is 0 Å². The molecule has 0 saturated heterocycles. The van der Waals surface area contributed by atoms with Crippen LogP contribution in [0.15, 0.2) is 90.8 Å². The van der Waals surface area contributed by atoms with Gasteiger partial charge in [0.1, 0.15) is 11.8 Å². The smallest absolute Gasteiger partial charge is 0.323 e. The quantitative estimate of drug-likeness (QED) is 0.555. The molecule has 5 rings (SSSR count). The summed E-state index contributed by atoms with van der Waals surface area (Å²) in [6.45, 7) is 0. The van der Waals surface area contributed by atoms with Gasteiger partial charge in [-0.2, -0.15) is 0 Å². The maximum Gasteiger partial charge on any atom is 0.323 e. The Bertz CT molecular complexity index is 1170. The zero-order valence-corrected chi connectivity index (χ0v) is 15.4. The van der Waals surface area contributed by atoms with E-state index in [0.717, 1.165) is 22.5 Å². The lowest BCUT2D eigenvalue weighted by Crippen LogP contribution is -2.36. The van der Waals surface area contributed by atoms with Crippen LogP contribution in [0, 0.1) is 5.92 Å². The van der Waals surface area contributed by atoms with Crippen LogP contribution in [0.5, 0.6) is 0 Å². The number of hydrogen-bond acceptors (Lipinski definition) is 4. The average Bonchev–Trinajstić information content (AvgIpc) is 3.18. The van der Waals surface area contributed by atoms with Crippen molar-refractivity contribution in [2.75, 3.05) is 5.32 Å². The van der Waals surface area contributed by atoms with Crippen LogP contribution in [0.3, 0.4) is 0 Å². The fourth-order valence-corrected chi connectivity index (χ4v) is 3.46. The number of nitrogens with one attached hydrogen (secondary N) is 1. The van der Waals surface area contributed by atoms with Crippen LogP contribution in [-0.4, -0.2) is 27.4 Å². The molecule has 2 atom stereocenters. The van der Waals surface area contributed by atoms with Gasteiger partial charge in [-0.05, 0) is 35.9 Å². The molecule has 1 aliphatic carbocycles. The lowest BCUT2D eigenvalue weighted by molar-refractivity contribution is -0.152. The van der Waals surface area contributed by atoms with Crippen LogP contribution in [0.1, 0.15) is 0 Å². The van der Waals surface area contributed by atoms with Crippen molar-refractivity contribution in [1.82, 2.24) is 9.38 Å². The molecule has 2 aliphatic rings. The Morgan fingerprint density at radius 1 is 1.10 bits per heavy atom. The molecule has 2 unspecified atom stereocenters. The van der Waals surface area contributed by atoms with Gasteiger partial charge in [0, 0.05) is 23.6 Å². The largest absolute Gasteiger partial charge is 0.452 e. The molecule has 1 aliphatic heterocycles. The lowest BCUT2D eigenvalue weighted by Gasteiger charge is -2.26. The average molecular weight is 383 g/mol. The summed E-state index contributed by atoms with van der Waals surface area (Å²) in [5.41, 5.74) is 4.07. The molecule has 6 nitrogen and oxygen atoms in total. The summed E-state index contributed by atoms with van der Waals surface area (Å²) >= 11 is 0. The van der Waals surface area contributed by atoms with Crippen LogP contribution in [-0.2, 0) is 14.3 Å². The van der Waals surface area contributed by atoms with Crippen molar-refractivity contribution in [3.05, 3.63) is 90.8 Å². The van der Waals surface area contributed by atoms with E-state index in [9.17, 15) is 9.59 Å². The molecule has 0 radical (unpaired) electrons. The number of ether oxygens (including phenoxy) is 1. The van der Waals surface area contributed by atoms with Crippen LogP contribution in [0.4, 0.5) is 5.69 Å². The van der Waals surface area contributed by atoms with Crippen molar-refractivity contribution >= 4 is 23.2 Å². The highest BCUT2D eigenvalue weighted by Crippen LogP contribution is 2.26. The normalized spacial score (nSPS) is 20.1. The van der Waals surface area contributed by atoms with Crippen molar-refractivity contribution < 1.29 is 14.3 Å². The summed E-state index contributed by atoms with van der Waals surface area (Å²) in [6.07, 6.45) is 12.5. The fraction of sp³-hybridized carbons (Fsp3) is 0.0870. The predicted molar refractivity (Wildman–Crippen MR) is 109 cm³/mol. The van der Waals surface area contributed by atoms with Crippen molar-refractivity contribution in [1.29, 1.82) is 0 Å². The number of aromatic nitrogens is 2. The van der Waals surface area contributed by atoms with E-state index in [0.29, 0.717) is 5.69 Å². The number of anilines is 1. The Morgan fingerprint density at radius 2 is 1.97 bits per heavy atom. The second-order valence-corrected chi connectivity index (χ2v) is 6.90. The van der Waals surface area contributed by atoms with Crippen LogP contribution < -0.4 is 5.32 Å². The van der Waals surface area contributed by atoms with E-state index in [1.165, 1.54) is 0 Å². The molecule has 1 N–H and O–H groups in total. The minimum atomic E-state index is -0.962. The van der Waals surface area contributed by atoms with E-state index in [1.807, 2.05) is 65.4 Å². The Hall–Kier alpha value is -3.93. The Kier molecular flexibility index (Phi) is 4.09. The van der Waals surface area contributed by atoms with Crippen molar-refractivity contribution in [3.8, 4) is 11.3 Å². The van der Waals surface area contributed by atoms with Gasteiger partial charge in [0.05, 0.1) is 5.69 Å². The summed E-state index contributed by atoms with van der Waals surface area (Å²) in [7, 11) is 0. The molecule has 0 spiro atoms. The molecule has 1 aromatic carbocycles. The first-order valence-corrected chi connectivity index (χ1v) is 9.29. The number of allylic oxidation sites excluding steroid dienone is 2. The number of rotatable bonds is 3. The van der Waals surface area contributed by atoms with Gasteiger partial charge in [-0.1, -0.05) is 42.5 Å². The molecule has 0 fully saturated rings. The molecule has 6 heteroatoms. The van der Waals surface area contributed by atoms with Gasteiger partial charge in [-0.15, -0.1) is 0 Å². The summed E-state index contributed by atoms with van der Waals surface area (Å²) in [5.74, 6) is -1.92. The van der Waals surface area contributed by atoms with Crippen LogP contribution >= 0.6 is 0 Å². The van der Waals surface area contributed by atoms with E-state index < -0.39 is 23.9 Å². The molecule has 3 aromatic rings. The van der Waals surface area contributed by atoms with Gasteiger partial charge in [-0.25, -0.2) is 4.98 Å². The highest BCUT2D eigenvalue weighted by Gasteiger charge is 2.34. The maximum atomic E-state index is 12.6. The number of amides is 1. The summed E-state index contributed by atoms with van der Waals surface area (Å²) in [6, 6.07) is 13.2. The fourth-order valence-electron chi connectivity index (χ4n) is 3.46. The highest BCUT2D eigenvalue weighted by molar-refractivity contribution is 6.07. The number of esters is 1. The van der Waals surface area contributed by atoms with Gasteiger partial charge in [0.25, 0.3) is 0 Å². The molecule has 2 aromatic heterocycles. The monoisotopic (exact) mass is 383 g/mol. The third-order valence-corrected chi connectivity index (χ3v) is 4.97. The van der Waals surface area contributed by atoms with Gasteiger partial charge in [0.15, 0.2) is 5.92 Å². The molecule has 142 valence electrons. The van der Waals surface area contributed by atoms with E-state index in [4.69, 9.17) is 4.74 Å². The topological polar surface area (TPSA) is 72.7 Å². The number of fused-ring (bicyclic) bond motifs is 2. The van der Waals surface area contributed by atoms with Gasteiger partial charge >= 0.3 is 5.97 Å². The van der Waals surface area contributed by atoms with Crippen molar-refractivity contribution in [3.63, 3.8) is 0 Å². The Balaban J connectivity index is 1.33. The molecule has 0 saturated carbocycles. The van der Waals surface area contributed by atoms with Crippen LogP contribution in [0.25, 0.3) is 16.9 Å². The van der Waals surface area contributed by atoms with E-state index in [-0.39, 0.29) is 0 Å². The second kappa shape index (κ2) is 6.91. The standard InChI is InChI=1S/C23H17N3O3/c27-22(18-13-16-5-1-2-6-20(16)29-23(18)28)24-17-10-8-15(9-11-17)19-14-26-12-4-3-7-21(26)25-19/h1-14,18,20H,(H,24,27). The summed E-state index contributed by atoms with van der Waals surface area (Å²) in [4.78, 5) is 29.4. The molecule has 1 amide bonds. The SMILES string of the molecule is O=C(Nc1ccc(-c2cn3ccccc3n2)cc1)C1C=C2C=CC=CC2OC1=O. The number of carbonyl (C=O) groups excluding carboxylic acids is 2. The van der Waals surface area contributed by atoms with Crippen molar-refractivity contribution in [2.45, 2.75) is 6.10 Å². The van der Waals surface area contributed by atoms with E-state index in [2.05, 4.69) is 10.3 Å². The molecular formula is C23H17N3O3. The third kappa shape index (κ3) is 3.25. The highest BCUT2D eigenvalue weighted by atomic mass is 16.5. The first-order chi connectivity index (χ1) is 14.2.